The lowest BCUT2D eigenvalue weighted by atomic mass is 9.91. The molecule has 1 saturated carbocycles. The zero-order valence-electron chi connectivity index (χ0n) is 21.3. The van der Waals surface area contributed by atoms with Crippen molar-refractivity contribution in [1.82, 2.24) is 0 Å². The van der Waals surface area contributed by atoms with E-state index in [2.05, 4.69) is 0 Å². The minimum atomic E-state index is -4.51. The molecule has 40 heavy (non-hydrogen) atoms. The molecule has 208 valence electrons. The molecule has 5 atom stereocenters. The van der Waals surface area contributed by atoms with E-state index in [0.29, 0.717) is 12.0 Å². The van der Waals surface area contributed by atoms with Gasteiger partial charge >= 0.3 is 18.1 Å². The van der Waals surface area contributed by atoms with Crippen LogP contribution in [0.2, 0.25) is 0 Å². The van der Waals surface area contributed by atoms with Crippen LogP contribution in [-0.4, -0.2) is 42.0 Å². The number of carbonyl (C=O) groups is 2. The molecule has 6 nitrogen and oxygen atoms in total. The lowest BCUT2D eigenvalue weighted by Crippen LogP contribution is -2.25. The number of hydrogen-bond donors (Lipinski definition) is 1. The van der Waals surface area contributed by atoms with Crippen molar-refractivity contribution < 1.29 is 42.1 Å². The third kappa shape index (κ3) is 6.37. The second-order valence-corrected chi connectivity index (χ2v) is 9.89. The minimum Gasteiger partial charge on any atom is -0.491 e. The summed E-state index contributed by atoms with van der Waals surface area (Å²) in [4.78, 5) is 24.9. The van der Waals surface area contributed by atoms with E-state index in [1.54, 1.807) is 18.2 Å². The first kappa shape index (κ1) is 27.5. The molecule has 3 aromatic carbocycles. The largest absolute Gasteiger partial charge is 0.491 e. The van der Waals surface area contributed by atoms with Gasteiger partial charge in [0.25, 0.3) is 0 Å². The van der Waals surface area contributed by atoms with E-state index >= 15 is 0 Å². The molecule has 2 aliphatic rings. The number of ether oxygens (including phenoxy) is 3. The fraction of sp³-hybridized carbons (Fsp3) is 0.290. The second kappa shape index (κ2) is 11.6. The molecule has 1 aliphatic carbocycles. The summed E-state index contributed by atoms with van der Waals surface area (Å²) >= 11 is 0. The van der Waals surface area contributed by atoms with Crippen LogP contribution in [-0.2, 0) is 20.4 Å². The quantitative estimate of drug-likeness (QED) is 0.279. The van der Waals surface area contributed by atoms with Gasteiger partial charge in [0.1, 0.15) is 30.7 Å². The summed E-state index contributed by atoms with van der Waals surface area (Å²) in [5, 5.41) is 10.4. The minimum absolute atomic E-state index is 0.0249. The third-order valence-electron chi connectivity index (χ3n) is 7.17. The molecule has 1 saturated heterocycles. The van der Waals surface area contributed by atoms with Crippen LogP contribution in [0.5, 0.6) is 5.75 Å². The first-order valence-electron chi connectivity index (χ1n) is 12.9. The SMILES string of the molecule is O=C1CC2C(CC(OC(=O)c3ccc(-c4ccccc4)cc3)C2/C=C/C(O)COc2cccc(C(F)(F)F)c2)O1. The fourth-order valence-electron chi connectivity index (χ4n) is 5.18. The van der Waals surface area contributed by atoms with E-state index in [-0.39, 0.29) is 30.7 Å². The van der Waals surface area contributed by atoms with Crippen LogP contribution in [0.3, 0.4) is 0 Å². The van der Waals surface area contributed by atoms with E-state index in [1.807, 2.05) is 42.5 Å². The van der Waals surface area contributed by atoms with Crippen molar-refractivity contribution in [1.29, 1.82) is 0 Å². The molecule has 1 heterocycles. The maximum Gasteiger partial charge on any atom is 0.416 e. The van der Waals surface area contributed by atoms with Gasteiger partial charge in [0.05, 0.1) is 17.5 Å². The molecule has 0 radical (unpaired) electrons. The topological polar surface area (TPSA) is 82.1 Å². The van der Waals surface area contributed by atoms with Gasteiger partial charge in [-0.1, -0.05) is 60.7 Å². The molecule has 0 aromatic heterocycles. The summed E-state index contributed by atoms with van der Waals surface area (Å²) in [7, 11) is 0. The molecular formula is C31H27F3O6. The predicted molar refractivity (Wildman–Crippen MR) is 139 cm³/mol. The Morgan fingerprint density at radius 2 is 1.75 bits per heavy atom. The lowest BCUT2D eigenvalue weighted by molar-refractivity contribution is -0.142. The number of alkyl halides is 3. The van der Waals surface area contributed by atoms with E-state index in [4.69, 9.17) is 14.2 Å². The molecule has 9 heteroatoms. The van der Waals surface area contributed by atoms with Gasteiger partial charge in [0.2, 0.25) is 0 Å². The molecule has 0 bridgehead atoms. The summed E-state index contributed by atoms with van der Waals surface area (Å²) in [5.74, 6) is -1.49. The summed E-state index contributed by atoms with van der Waals surface area (Å²) in [6.07, 6.45) is -3.03. The van der Waals surface area contributed by atoms with Crippen molar-refractivity contribution in [3.8, 4) is 16.9 Å². The lowest BCUT2D eigenvalue weighted by Gasteiger charge is -2.21. The Hall–Kier alpha value is -4.11. The number of esters is 2. The van der Waals surface area contributed by atoms with E-state index in [0.717, 1.165) is 23.3 Å². The zero-order chi connectivity index (χ0) is 28.3. The molecule has 5 rings (SSSR count). The average Bonchev–Trinajstić information content (AvgIpc) is 3.46. The maximum atomic E-state index is 13.0. The molecule has 1 N–H and O–H groups in total. The monoisotopic (exact) mass is 552 g/mol. The highest BCUT2D eigenvalue weighted by Crippen LogP contribution is 2.44. The van der Waals surface area contributed by atoms with Crippen LogP contribution in [0.4, 0.5) is 13.2 Å². The highest BCUT2D eigenvalue weighted by molar-refractivity contribution is 5.90. The van der Waals surface area contributed by atoms with E-state index in [9.17, 15) is 27.9 Å². The van der Waals surface area contributed by atoms with Gasteiger partial charge in [-0.25, -0.2) is 4.79 Å². The number of aliphatic hydroxyl groups excluding tert-OH is 1. The van der Waals surface area contributed by atoms with Crippen LogP contribution in [0, 0.1) is 11.8 Å². The Morgan fingerprint density at radius 1 is 1.02 bits per heavy atom. The molecule has 0 amide bonds. The smallest absolute Gasteiger partial charge is 0.416 e. The number of hydrogen-bond acceptors (Lipinski definition) is 6. The van der Waals surface area contributed by atoms with Crippen LogP contribution >= 0.6 is 0 Å². The summed E-state index contributed by atoms with van der Waals surface area (Å²) < 4.78 is 55.4. The van der Waals surface area contributed by atoms with Crippen LogP contribution in [0.15, 0.2) is 91.0 Å². The Kier molecular flexibility index (Phi) is 7.93. The second-order valence-electron chi connectivity index (χ2n) is 9.89. The van der Waals surface area contributed by atoms with Crippen molar-refractivity contribution in [2.24, 2.45) is 11.8 Å². The average molecular weight is 553 g/mol. The Balaban J connectivity index is 1.23. The summed E-state index contributed by atoms with van der Waals surface area (Å²) in [6.45, 7) is -0.285. The van der Waals surface area contributed by atoms with Crippen LogP contribution in [0.25, 0.3) is 11.1 Å². The van der Waals surface area contributed by atoms with Crippen LogP contribution < -0.4 is 4.74 Å². The molecule has 1 aliphatic heterocycles. The number of halogens is 3. The first-order valence-corrected chi connectivity index (χ1v) is 12.9. The Bertz CT molecular complexity index is 1370. The number of carbonyl (C=O) groups excluding carboxylic acids is 2. The highest BCUT2D eigenvalue weighted by atomic mass is 19.4. The Morgan fingerprint density at radius 3 is 2.48 bits per heavy atom. The van der Waals surface area contributed by atoms with Crippen molar-refractivity contribution in [2.45, 2.75) is 37.3 Å². The standard InChI is InChI=1S/C31H27F3O6/c32-31(33,34)22-7-4-8-24(15-22)38-18-23(35)13-14-25-26-16-29(36)39-28(26)17-27(25)40-30(37)21-11-9-20(10-12-21)19-5-2-1-3-6-19/h1-15,23,25-28,35H,16-18H2/b14-13+. The molecule has 0 spiro atoms. The van der Waals surface area contributed by atoms with Gasteiger partial charge in [0, 0.05) is 18.3 Å². The number of rotatable bonds is 8. The zero-order valence-corrected chi connectivity index (χ0v) is 21.3. The molecule has 3 aromatic rings. The molecule has 2 fully saturated rings. The highest BCUT2D eigenvalue weighted by Gasteiger charge is 2.50. The fourth-order valence-corrected chi connectivity index (χ4v) is 5.18. The van der Waals surface area contributed by atoms with Crippen molar-refractivity contribution in [3.63, 3.8) is 0 Å². The Labute approximate surface area is 229 Å². The molecule has 5 unspecified atom stereocenters. The number of aliphatic hydroxyl groups is 1. The molecular weight excluding hydrogens is 525 g/mol. The van der Waals surface area contributed by atoms with Gasteiger partial charge in [-0.2, -0.15) is 13.2 Å². The van der Waals surface area contributed by atoms with Crippen molar-refractivity contribution in [2.75, 3.05) is 6.61 Å². The van der Waals surface area contributed by atoms with E-state index in [1.165, 1.54) is 18.2 Å². The van der Waals surface area contributed by atoms with Gasteiger partial charge in [-0.3, -0.25) is 4.79 Å². The van der Waals surface area contributed by atoms with Gasteiger partial charge in [-0.05, 0) is 41.5 Å². The van der Waals surface area contributed by atoms with Gasteiger partial charge < -0.3 is 19.3 Å². The van der Waals surface area contributed by atoms with Crippen LogP contribution in [0.1, 0.15) is 28.8 Å². The van der Waals surface area contributed by atoms with Gasteiger partial charge in [0.15, 0.2) is 0 Å². The van der Waals surface area contributed by atoms with Crippen molar-refractivity contribution in [3.05, 3.63) is 102 Å². The maximum absolute atomic E-state index is 13.0. The third-order valence-corrected chi connectivity index (χ3v) is 7.17. The van der Waals surface area contributed by atoms with Gasteiger partial charge in [-0.15, -0.1) is 0 Å². The normalized spacial score (nSPS) is 23.1. The van der Waals surface area contributed by atoms with E-state index < -0.39 is 41.9 Å². The predicted octanol–water partition coefficient (Wildman–Crippen LogP) is 5.85. The summed E-state index contributed by atoms with van der Waals surface area (Å²) in [5.41, 5.74) is 1.51. The first-order chi connectivity index (χ1) is 19.2. The summed E-state index contributed by atoms with van der Waals surface area (Å²) in [6, 6.07) is 21.2. The number of fused-ring (bicyclic) bond motifs is 1. The number of benzene rings is 3. The van der Waals surface area contributed by atoms with Crippen molar-refractivity contribution >= 4 is 11.9 Å².